The fourth-order valence-corrected chi connectivity index (χ4v) is 3.17. The number of nitrogens with one attached hydrogen (secondary N) is 1. The van der Waals surface area contributed by atoms with E-state index in [2.05, 4.69) is 5.32 Å². The van der Waals surface area contributed by atoms with E-state index in [0.29, 0.717) is 0 Å². The van der Waals surface area contributed by atoms with E-state index in [9.17, 15) is 14.4 Å². The molecule has 0 radical (unpaired) electrons. The van der Waals surface area contributed by atoms with Gasteiger partial charge in [-0.05, 0) is 25.9 Å². The normalized spacial score (nSPS) is 15.9. The fraction of sp³-hybridized carbons (Fsp3) is 0.842. The molecule has 0 saturated heterocycles. The van der Waals surface area contributed by atoms with E-state index in [1.54, 1.807) is 30.9 Å². The van der Waals surface area contributed by atoms with Crippen LogP contribution in [-0.4, -0.2) is 80.5 Å². The largest absolute Gasteiger partial charge is 0.379 e. The van der Waals surface area contributed by atoms with Crippen molar-refractivity contribution in [3.8, 4) is 0 Å². The number of likely N-dealkylation sites (N-methyl/N-ethyl adjacent to an activating group) is 2. The molecule has 0 saturated carbocycles. The number of carbonyl (C=O) groups is 3. The average Bonchev–Trinajstić information content (AvgIpc) is 2.56. The first-order valence-electron chi connectivity index (χ1n) is 9.47. The summed E-state index contributed by atoms with van der Waals surface area (Å²) in [6.07, 6.45) is 0.333. The van der Waals surface area contributed by atoms with Crippen molar-refractivity contribution in [3.05, 3.63) is 0 Å². The molecule has 0 rings (SSSR count). The summed E-state index contributed by atoms with van der Waals surface area (Å²) in [6.45, 7) is 8.02. The molecular weight excluding hydrogens is 348 g/mol. The lowest BCUT2D eigenvalue weighted by Gasteiger charge is -2.39. The maximum Gasteiger partial charge on any atom is 0.245 e. The van der Waals surface area contributed by atoms with Crippen molar-refractivity contribution in [2.24, 2.45) is 17.6 Å². The van der Waals surface area contributed by atoms with Crippen molar-refractivity contribution < 1.29 is 19.1 Å². The second-order valence-corrected chi connectivity index (χ2v) is 7.80. The molecule has 0 unspecified atom stereocenters. The maximum atomic E-state index is 13.2. The van der Waals surface area contributed by atoms with Crippen LogP contribution in [0.5, 0.6) is 0 Å². The quantitative estimate of drug-likeness (QED) is 0.507. The molecule has 0 aromatic heterocycles. The molecule has 0 spiro atoms. The molecule has 0 aliphatic heterocycles. The number of amides is 3. The molecule has 27 heavy (non-hydrogen) atoms. The van der Waals surface area contributed by atoms with Crippen LogP contribution < -0.4 is 11.1 Å². The van der Waals surface area contributed by atoms with Crippen LogP contribution in [-0.2, 0) is 19.1 Å². The van der Waals surface area contributed by atoms with E-state index in [0.717, 1.165) is 6.42 Å². The molecule has 0 heterocycles. The molecule has 8 nitrogen and oxygen atoms in total. The van der Waals surface area contributed by atoms with Crippen LogP contribution in [0.15, 0.2) is 0 Å². The highest BCUT2D eigenvalue weighted by molar-refractivity contribution is 5.88. The second kappa shape index (κ2) is 11.9. The minimum Gasteiger partial charge on any atom is -0.379 e. The Morgan fingerprint density at radius 3 is 2.04 bits per heavy atom. The van der Waals surface area contributed by atoms with Crippen LogP contribution in [0.25, 0.3) is 0 Å². The highest BCUT2D eigenvalue weighted by Crippen LogP contribution is 2.23. The van der Waals surface area contributed by atoms with Gasteiger partial charge in [0.05, 0.1) is 25.1 Å². The van der Waals surface area contributed by atoms with Gasteiger partial charge in [-0.2, -0.15) is 0 Å². The number of methoxy groups -OCH3 is 1. The highest BCUT2D eigenvalue weighted by Gasteiger charge is 2.37. The molecular formula is C19H38N4O4. The van der Waals surface area contributed by atoms with Gasteiger partial charge in [0, 0.05) is 14.2 Å². The van der Waals surface area contributed by atoms with Gasteiger partial charge in [-0.25, -0.2) is 0 Å². The first-order chi connectivity index (χ1) is 12.5. The number of hydrogen-bond acceptors (Lipinski definition) is 5. The average molecular weight is 387 g/mol. The molecule has 0 aromatic carbocycles. The van der Waals surface area contributed by atoms with E-state index >= 15 is 0 Å². The third-order valence-electron chi connectivity index (χ3n) is 4.82. The Morgan fingerprint density at radius 1 is 1.11 bits per heavy atom. The molecule has 0 aliphatic carbocycles. The van der Waals surface area contributed by atoms with Crippen LogP contribution in [0.4, 0.5) is 0 Å². The van der Waals surface area contributed by atoms with Gasteiger partial charge < -0.3 is 25.6 Å². The lowest BCUT2D eigenvalue weighted by atomic mass is 9.90. The van der Waals surface area contributed by atoms with E-state index < -0.39 is 18.1 Å². The minimum absolute atomic E-state index is 0.0302. The zero-order chi connectivity index (χ0) is 21.3. The van der Waals surface area contributed by atoms with Gasteiger partial charge in [0.25, 0.3) is 0 Å². The Morgan fingerprint density at radius 2 is 1.67 bits per heavy atom. The van der Waals surface area contributed by atoms with Crippen LogP contribution in [0, 0.1) is 11.8 Å². The minimum atomic E-state index is -0.653. The van der Waals surface area contributed by atoms with Crippen LogP contribution in [0.2, 0.25) is 0 Å². The van der Waals surface area contributed by atoms with Crippen LogP contribution in [0.1, 0.15) is 40.5 Å². The third-order valence-corrected chi connectivity index (χ3v) is 4.82. The van der Waals surface area contributed by atoms with Gasteiger partial charge in [0.15, 0.2) is 0 Å². The summed E-state index contributed by atoms with van der Waals surface area (Å²) in [5.74, 6) is -0.875. The fourth-order valence-electron chi connectivity index (χ4n) is 3.17. The predicted octanol–water partition coefficient (Wildman–Crippen LogP) is 0.452. The molecule has 0 bridgehead atoms. The number of carbonyl (C=O) groups excluding carboxylic acids is 3. The van der Waals surface area contributed by atoms with Crippen molar-refractivity contribution in [2.45, 2.75) is 58.7 Å². The molecule has 4 atom stereocenters. The molecule has 3 N–H and O–H groups in total. The summed E-state index contributed by atoms with van der Waals surface area (Å²) in [5, 5.41) is 2.83. The monoisotopic (exact) mass is 386 g/mol. The summed E-state index contributed by atoms with van der Waals surface area (Å²) in [6, 6.07) is -0.980. The Bertz CT molecular complexity index is 496. The summed E-state index contributed by atoms with van der Waals surface area (Å²) < 4.78 is 5.50. The van der Waals surface area contributed by atoms with Crippen molar-refractivity contribution in [1.29, 1.82) is 0 Å². The molecule has 0 aliphatic rings. The van der Waals surface area contributed by atoms with Crippen molar-refractivity contribution in [2.75, 3.05) is 34.8 Å². The highest BCUT2D eigenvalue weighted by atomic mass is 16.5. The smallest absolute Gasteiger partial charge is 0.245 e. The summed E-state index contributed by atoms with van der Waals surface area (Å²) in [4.78, 5) is 40.2. The van der Waals surface area contributed by atoms with Gasteiger partial charge in [0.2, 0.25) is 17.7 Å². The third kappa shape index (κ3) is 8.26. The summed E-state index contributed by atoms with van der Waals surface area (Å²) in [5.41, 5.74) is 5.36. The van der Waals surface area contributed by atoms with Gasteiger partial charge in [0.1, 0.15) is 6.04 Å². The van der Waals surface area contributed by atoms with E-state index in [1.165, 1.54) is 7.11 Å². The van der Waals surface area contributed by atoms with E-state index in [-0.39, 0.29) is 42.7 Å². The molecule has 0 aromatic rings. The Labute approximate surface area is 163 Å². The van der Waals surface area contributed by atoms with Gasteiger partial charge in [-0.1, -0.05) is 34.1 Å². The molecule has 8 heteroatoms. The van der Waals surface area contributed by atoms with Crippen molar-refractivity contribution >= 4 is 17.7 Å². The number of nitrogens with zero attached hydrogens (tertiary/aromatic N) is 2. The Hall–Kier alpha value is -1.67. The topological polar surface area (TPSA) is 105 Å². The SMILES string of the molecule is CC[C@H](C)[C@@H]([C@@H](CC(N)=O)OC)N(C)C(=O)[C@@H](NC(=O)CN(C)C)C(C)C. The number of hydrogen-bond donors (Lipinski definition) is 2. The maximum absolute atomic E-state index is 13.2. The number of primary amides is 1. The standard InChI is InChI=1S/C19H38N4O4/c1-9-13(4)18(14(27-8)10-15(20)24)23(7)19(26)17(12(2)3)21-16(25)11-22(5)6/h12-14,17-18H,9-11H2,1-8H3,(H2,20,24)(H,21,25)/t13-,14+,17-,18-/m0/s1. The lowest BCUT2D eigenvalue weighted by Crippen LogP contribution is -2.57. The zero-order valence-corrected chi connectivity index (χ0v) is 18.1. The molecule has 0 fully saturated rings. The van der Waals surface area contributed by atoms with E-state index in [4.69, 9.17) is 10.5 Å². The molecule has 3 amide bonds. The zero-order valence-electron chi connectivity index (χ0n) is 18.1. The first-order valence-corrected chi connectivity index (χ1v) is 9.47. The van der Waals surface area contributed by atoms with E-state index in [1.807, 2.05) is 27.7 Å². The van der Waals surface area contributed by atoms with Gasteiger partial charge in [-0.3, -0.25) is 14.4 Å². The first kappa shape index (κ1) is 25.3. The Balaban J connectivity index is 5.56. The van der Waals surface area contributed by atoms with Gasteiger partial charge >= 0.3 is 0 Å². The van der Waals surface area contributed by atoms with Crippen LogP contribution >= 0.6 is 0 Å². The number of ether oxygens (including phenoxy) is 1. The summed E-state index contributed by atoms with van der Waals surface area (Å²) >= 11 is 0. The lowest BCUT2D eigenvalue weighted by molar-refractivity contribution is -0.143. The summed E-state index contributed by atoms with van der Waals surface area (Å²) in [7, 11) is 6.80. The van der Waals surface area contributed by atoms with Crippen molar-refractivity contribution in [3.63, 3.8) is 0 Å². The molecule has 158 valence electrons. The van der Waals surface area contributed by atoms with Gasteiger partial charge in [-0.15, -0.1) is 0 Å². The number of rotatable bonds is 12. The van der Waals surface area contributed by atoms with Crippen LogP contribution in [0.3, 0.4) is 0 Å². The second-order valence-electron chi connectivity index (χ2n) is 7.80. The van der Waals surface area contributed by atoms with Crippen molar-refractivity contribution in [1.82, 2.24) is 15.1 Å². The Kier molecular flexibility index (Phi) is 11.2. The predicted molar refractivity (Wildman–Crippen MR) is 106 cm³/mol. The number of nitrogens with two attached hydrogens (primary N) is 1.